The molecular formula is C8H5Cl2N3O3. The summed E-state index contributed by atoms with van der Waals surface area (Å²) in [5, 5.41) is 10.5. The molecule has 0 aliphatic rings. The molecule has 0 unspecified atom stereocenters. The Kier molecular flexibility index (Phi) is 4.21. The maximum absolute atomic E-state index is 11.2. The van der Waals surface area contributed by atoms with Gasteiger partial charge in [0.1, 0.15) is 11.3 Å². The fourth-order valence-corrected chi connectivity index (χ4v) is 1.02. The number of aromatic nitrogens is 2. The Balaban J connectivity index is 2.78. The molecule has 0 aliphatic heterocycles. The molecule has 0 aromatic carbocycles. The molecule has 0 radical (unpaired) electrons. The van der Waals surface area contributed by atoms with Crippen LogP contribution >= 0.6 is 23.2 Å². The van der Waals surface area contributed by atoms with Gasteiger partial charge in [-0.15, -0.1) is 0 Å². The van der Waals surface area contributed by atoms with Gasteiger partial charge in [0.05, 0.1) is 0 Å². The molecule has 0 fully saturated rings. The summed E-state index contributed by atoms with van der Waals surface area (Å²) in [7, 11) is 0. The van der Waals surface area contributed by atoms with Gasteiger partial charge in [0.25, 0.3) is 0 Å². The largest absolute Gasteiger partial charge is 0.478 e. The van der Waals surface area contributed by atoms with E-state index in [0.29, 0.717) is 6.08 Å². The number of carboxylic acid groups (broad SMARTS) is 1. The van der Waals surface area contributed by atoms with Crippen LogP contribution in [0.25, 0.3) is 0 Å². The predicted octanol–water partition coefficient (Wildman–Crippen LogP) is 1.36. The Labute approximate surface area is 99.9 Å². The van der Waals surface area contributed by atoms with Crippen LogP contribution < -0.4 is 5.32 Å². The van der Waals surface area contributed by atoms with E-state index in [4.69, 9.17) is 28.3 Å². The van der Waals surface area contributed by atoms with Crippen molar-refractivity contribution < 1.29 is 14.7 Å². The SMILES string of the molecule is O=C(O)/C=C/C(=O)Nc1ncnc(Cl)c1Cl. The molecule has 1 aromatic heterocycles. The zero-order valence-electron chi connectivity index (χ0n) is 7.65. The number of amides is 1. The van der Waals surface area contributed by atoms with Crippen LogP contribution in [0.3, 0.4) is 0 Å². The Morgan fingerprint density at radius 1 is 1.31 bits per heavy atom. The molecule has 1 heterocycles. The van der Waals surface area contributed by atoms with Gasteiger partial charge in [0, 0.05) is 12.2 Å². The number of aliphatic carboxylic acids is 1. The molecule has 0 spiro atoms. The third kappa shape index (κ3) is 3.48. The first-order chi connectivity index (χ1) is 7.50. The van der Waals surface area contributed by atoms with Crippen molar-refractivity contribution in [3.8, 4) is 0 Å². The first-order valence-corrected chi connectivity index (χ1v) is 4.64. The maximum Gasteiger partial charge on any atom is 0.328 e. The third-order valence-electron chi connectivity index (χ3n) is 1.37. The third-order valence-corrected chi connectivity index (χ3v) is 2.11. The number of carboxylic acids is 1. The van der Waals surface area contributed by atoms with Gasteiger partial charge in [-0.05, 0) is 0 Å². The molecule has 8 heteroatoms. The summed E-state index contributed by atoms with van der Waals surface area (Å²) in [5.74, 6) is -1.90. The number of carbonyl (C=O) groups excluding carboxylic acids is 1. The second kappa shape index (κ2) is 5.43. The van der Waals surface area contributed by atoms with E-state index in [-0.39, 0.29) is 16.0 Å². The minimum atomic E-state index is -1.23. The smallest absolute Gasteiger partial charge is 0.328 e. The molecule has 0 saturated carbocycles. The maximum atomic E-state index is 11.2. The zero-order chi connectivity index (χ0) is 12.1. The van der Waals surface area contributed by atoms with Gasteiger partial charge >= 0.3 is 5.97 Å². The van der Waals surface area contributed by atoms with Crippen molar-refractivity contribution >= 4 is 40.9 Å². The van der Waals surface area contributed by atoms with Crippen LogP contribution in [0.15, 0.2) is 18.5 Å². The molecule has 16 heavy (non-hydrogen) atoms. The highest BCUT2D eigenvalue weighted by molar-refractivity contribution is 6.43. The van der Waals surface area contributed by atoms with E-state index >= 15 is 0 Å². The first kappa shape index (κ1) is 12.4. The second-order valence-electron chi connectivity index (χ2n) is 2.49. The Morgan fingerprint density at radius 3 is 2.62 bits per heavy atom. The Hall–Kier alpha value is -1.66. The molecule has 1 amide bonds. The van der Waals surface area contributed by atoms with Crippen molar-refractivity contribution in [2.24, 2.45) is 0 Å². The van der Waals surface area contributed by atoms with Crippen LogP contribution in [-0.2, 0) is 9.59 Å². The van der Waals surface area contributed by atoms with Crippen LogP contribution in [0.1, 0.15) is 0 Å². The number of halogens is 2. The molecule has 0 atom stereocenters. The summed E-state index contributed by atoms with van der Waals surface area (Å²) >= 11 is 11.3. The van der Waals surface area contributed by atoms with Gasteiger partial charge in [-0.25, -0.2) is 14.8 Å². The van der Waals surface area contributed by atoms with Crippen LogP contribution in [0.2, 0.25) is 10.2 Å². The van der Waals surface area contributed by atoms with Crippen molar-refractivity contribution in [3.63, 3.8) is 0 Å². The van der Waals surface area contributed by atoms with E-state index in [9.17, 15) is 9.59 Å². The monoisotopic (exact) mass is 261 g/mol. The number of anilines is 1. The van der Waals surface area contributed by atoms with Crippen LogP contribution in [0, 0.1) is 0 Å². The quantitative estimate of drug-likeness (QED) is 0.633. The molecule has 6 nitrogen and oxygen atoms in total. The molecule has 0 saturated heterocycles. The standard InChI is InChI=1S/C8H5Cl2N3O3/c9-6-7(10)11-3-12-8(6)13-4(14)1-2-5(15)16/h1-3H,(H,15,16)(H,11,12,13,14)/b2-1+. The van der Waals surface area contributed by atoms with Crippen molar-refractivity contribution in [2.75, 3.05) is 5.32 Å². The summed E-state index contributed by atoms with van der Waals surface area (Å²) in [6.45, 7) is 0. The fraction of sp³-hybridized carbons (Fsp3) is 0. The number of hydrogen-bond donors (Lipinski definition) is 2. The van der Waals surface area contributed by atoms with E-state index in [2.05, 4.69) is 15.3 Å². The average molecular weight is 262 g/mol. The number of carbonyl (C=O) groups is 2. The fourth-order valence-electron chi connectivity index (χ4n) is 0.741. The summed E-state index contributed by atoms with van der Waals surface area (Å²) in [5.41, 5.74) is 0. The molecule has 1 aromatic rings. The number of rotatable bonds is 3. The van der Waals surface area contributed by atoms with Gasteiger partial charge in [0.15, 0.2) is 11.0 Å². The van der Waals surface area contributed by atoms with E-state index < -0.39 is 11.9 Å². The van der Waals surface area contributed by atoms with Gasteiger partial charge in [-0.3, -0.25) is 4.79 Å². The Bertz CT molecular complexity index is 462. The molecule has 2 N–H and O–H groups in total. The van der Waals surface area contributed by atoms with Gasteiger partial charge < -0.3 is 10.4 Å². The van der Waals surface area contributed by atoms with Crippen LogP contribution in [0.4, 0.5) is 5.82 Å². The normalized spacial score (nSPS) is 10.4. The minimum Gasteiger partial charge on any atom is -0.478 e. The zero-order valence-corrected chi connectivity index (χ0v) is 9.16. The highest BCUT2D eigenvalue weighted by Gasteiger charge is 2.08. The average Bonchev–Trinajstić information content (AvgIpc) is 2.22. The molecular weight excluding hydrogens is 257 g/mol. The molecule has 0 bridgehead atoms. The van der Waals surface area contributed by atoms with E-state index in [0.717, 1.165) is 12.4 Å². The van der Waals surface area contributed by atoms with Gasteiger partial charge in [-0.1, -0.05) is 23.2 Å². The van der Waals surface area contributed by atoms with Crippen LogP contribution in [0.5, 0.6) is 0 Å². The molecule has 1 rings (SSSR count). The lowest BCUT2D eigenvalue weighted by Crippen LogP contribution is -2.10. The predicted molar refractivity (Wildman–Crippen MR) is 57.5 cm³/mol. The first-order valence-electron chi connectivity index (χ1n) is 3.88. The van der Waals surface area contributed by atoms with Crippen LogP contribution in [-0.4, -0.2) is 27.0 Å². The van der Waals surface area contributed by atoms with Crippen molar-refractivity contribution in [3.05, 3.63) is 28.7 Å². The summed E-state index contributed by atoms with van der Waals surface area (Å²) in [4.78, 5) is 28.5. The minimum absolute atomic E-state index is 0.00539. The van der Waals surface area contributed by atoms with E-state index in [1.165, 1.54) is 0 Å². The van der Waals surface area contributed by atoms with Crippen molar-refractivity contribution in [1.82, 2.24) is 9.97 Å². The van der Waals surface area contributed by atoms with Crippen molar-refractivity contribution in [2.45, 2.75) is 0 Å². The van der Waals surface area contributed by atoms with Crippen molar-refractivity contribution in [1.29, 1.82) is 0 Å². The summed E-state index contributed by atoms with van der Waals surface area (Å²) in [6.07, 6.45) is 2.63. The topological polar surface area (TPSA) is 92.2 Å². The van der Waals surface area contributed by atoms with E-state index in [1.807, 2.05) is 0 Å². The number of hydrogen-bond acceptors (Lipinski definition) is 4. The highest BCUT2D eigenvalue weighted by Crippen LogP contribution is 2.25. The number of nitrogens with zero attached hydrogens (tertiary/aromatic N) is 2. The van der Waals surface area contributed by atoms with Gasteiger partial charge in [0.2, 0.25) is 5.91 Å². The lowest BCUT2D eigenvalue weighted by molar-refractivity contribution is -0.131. The second-order valence-corrected chi connectivity index (χ2v) is 3.22. The lowest BCUT2D eigenvalue weighted by atomic mass is 10.4. The highest BCUT2D eigenvalue weighted by atomic mass is 35.5. The van der Waals surface area contributed by atoms with Gasteiger partial charge in [-0.2, -0.15) is 0 Å². The summed E-state index contributed by atoms with van der Waals surface area (Å²) < 4.78 is 0. The lowest BCUT2D eigenvalue weighted by Gasteiger charge is -2.03. The Morgan fingerprint density at radius 2 is 2.00 bits per heavy atom. The molecule has 0 aliphatic carbocycles. The molecule has 84 valence electrons. The summed E-state index contributed by atoms with van der Waals surface area (Å²) in [6, 6.07) is 0. The van der Waals surface area contributed by atoms with E-state index in [1.54, 1.807) is 0 Å². The number of nitrogens with one attached hydrogen (secondary N) is 1.